The van der Waals surface area contributed by atoms with Gasteiger partial charge in [-0.2, -0.15) is 0 Å². The van der Waals surface area contributed by atoms with Gasteiger partial charge in [-0.05, 0) is 30.5 Å². The van der Waals surface area contributed by atoms with Crippen LogP contribution in [-0.2, 0) is 10.2 Å². The molecule has 0 aliphatic carbocycles. The molecule has 1 aromatic rings. The summed E-state index contributed by atoms with van der Waals surface area (Å²) in [5.74, 6) is -0.720. The predicted molar refractivity (Wildman–Crippen MR) is 63.4 cm³/mol. The average molecular weight is 221 g/mol. The third kappa shape index (κ3) is 2.40. The molecule has 0 saturated heterocycles. The van der Waals surface area contributed by atoms with Gasteiger partial charge in [-0.25, -0.2) is 0 Å². The number of pyridine rings is 1. The fourth-order valence-corrected chi connectivity index (χ4v) is 2.28. The Balaban J connectivity index is 3.15. The fourth-order valence-electron chi connectivity index (χ4n) is 2.28. The standard InChI is InChI=1S/C13H19NO2/c1-3-7-13(8-4-2,12(15)16)11-5-9-14-10-6-11/h5-6,9-10H,3-4,7-8H2,1-2H3,(H,15,16). The van der Waals surface area contributed by atoms with Crippen molar-refractivity contribution >= 4 is 5.97 Å². The molecule has 0 spiro atoms. The van der Waals surface area contributed by atoms with E-state index in [-0.39, 0.29) is 0 Å². The average Bonchev–Trinajstić information content (AvgIpc) is 2.29. The largest absolute Gasteiger partial charge is 0.481 e. The molecule has 0 aliphatic heterocycles. The maximum Gasteiger partial charge on any atom is 0.314 e. The van der Waals surface area contributed by atoms with Crippen LogP contribution in [-0.4, -0.2) is 16.1 Å². The molecule has 3 heteroatoms. The van der Waals surface area contributed by atoms with E-state index < -0.39 is 11.4 Å². The van der Waals surface area contributed by atoms with Gasteiger partial charge in [0.15, 0.2) is 0 Å². The summed E-state index contributed by atoms with van der Waals surface area (Å²) in [6, 6.07) is 3.64. The van der Waals surface area contributed by atoms with Crippen molar-refractivity contribution in [2.24, 2.45) is 0 Å². The van der Waals surface area contributed by atoms with Crippen molar-refractivity contribution in [3.8, 4) is 0 Å². The zero-order chi connectivity index (χ0) is 12.0. The molecule has 1 N–H and O–H groups in total. The van der Waals surface area contributed by atoms with Crippen LogP contribution < -0.4 is 0 Å². The van der Waals surface area contributed by atoms with Gasteiger partial charge < -0.3 is 5.11 Å². The van der Waals surface area contributed by atoms with Crippen molar-refractivity contribution in [2.75, 3.05) is 0 Å². The third-order valence-electron chi connectivity index (χ3n) is 3.00. The summed E-state index contributed by atoms with van der Waals surface area (Å²) in [6.07, 6.45) is 6.43. The number of nitrogens with zero attached hydrogens (tertiary/aromatic N) is 1. The lowest BCUT2D eigenvalue weighted by Crippen LogP contribution is -2.35. The molecule has 1 rings (SSSR count). The number of hydrogen-bond acceptors (Lipinski definition) is 2. The lowest BCUT2D eigenvalue weighted by atomic mass is 9.74. The zero-order valence-corrected chi connectivity index (χ0v) is 9.94. The van der Waals surface area contributed by atoms with E-state index >= 15 is 0 Å². The van der Waals surface area contributed by atoms with Gasteiger partial charge in [0.25, 0.3) is 0 Å². The van der Waals surface area contributed by atoms with Gasteiger partial charge in [-0.1, -0.05) is 26.7 Å². The molecule has 0 aromatic carbocycles. The van der Waals surface area contributed by atoms with Crippen molar-refractivity contribution < 1.29 is 9.90 Å². The predicted octanol–water partition coefficient (Wildman–Crippen LogP) is 3.00. The van der Waals surface area contributed by atoms with Gasteiger partial charge in [0.1, 0.15) is 0 Å². The zero-order valence-electron chi connectivity index (χ0n) is 9.94. The molecule has 16 heavy (non-hydrogen) atoms. The van der Waals surface area contributed by atoms with Crippen LogP contribution in [0, 0.1) is 0 Å². The second-order valence-corrected chi connectivity index (χ2v) is 4.12. The van der Waals surface area contributed by atoms with Crippen LogP contribution in [0.5, 0.6) is 0 Å². The normalized spacial score (nSPS) is 11.4. The summed E-state index contributed by atoms with van der Waals surface area (Å²) in [6.45, 7) is 4.04. The minimum absolute atomic E-state index is 0.681. The SMILES string of the molecule is CCCC(CCC)(C(=O)O)c1ccncc1. The van der Waals surface area contributed by atoms with E-state index in [1.54, 1.807) is 12.4 Å². The molecular weight excluding hydrogens is 202 g/mol. The number of carbonyl (C=O) groups is 1. The molecule has 0 saturated carbocycles. The van der Waals surface area contributed by atoms with Gasteiger partial charge in [-0.3, -0.25) is 9.78 Å². The molecule has 0 bridgehead atoms. The Kier molecular flexibility index (Phi) is 4.47. The van der Waals surface area contributed by atoms with Crippen molar-refractivity contribution in [3.63, 3.8) is 0 Å². The first kappa shape index (κ1) is 12.7. The highest BCUT2D eigenvalue weighted by Crippen LogP contribution is 2.34. The van der Waals surface area contributed by atoms with E-state index in [4.69, 9.17) is 0 Å². The molecule has 0 fully saturated rings. The Bertz CT molecular complexity index is 329. The molecule has 88 valence electrons. The van der Waals surface area contributed by atoms with Crippen LogP contribution in [0.1, 0.15) is 45.1 Å². The molecule has 0 atom stereocenters. The summed E-state index contributed by atoms with van der Waals surface area (Å²) in [5, 5.41) is 9.52. The highest BCUT2D eigenvalue weighted by molar-refractivity contribution is 5.81. The first-order valence-electron chi connectivity index (χ1n) is 5.81. The van der Waals surface area contributed by atoms with Crippen LogP contribution in [0.15, 0.2) is 24.5 Å². The van der Waals surface area contributed by atoms with E-state index in [9.17, 15) is 9.90 Å². The van der Waals surface area contributed by atoms with Gasteiger partial charge in [0, 0.05) is 12.4 Å². The lowest BCUT2D eigenvalue weighted by Gasteiger charge is -2.29. The fraction of sp³-hybridized carbons (Fsp3) is 0.538. The van der Waals surface area contributed by atoms with Crippen molar-refractivity contribution in [1.82, 2.24) is 4.98 Å². The van der Waals surface area contributed by atoms with Crippen LogP contribution in [0.3, 0.4) is 0 Å². The van der Waals surface area contributed by atoms with Crippen LogP contribution in [0.4, 0.5) is 0 Å². The summed E-state index contributed by atoms with van der Waals surface area (Å²) in [4.78, 5) is 15.5. The van der Waals surface area contributed by atoms with Crippen LogP contribution >= 0.6 is 0 Å². The second-order valence-electron chi connectivity index (χ2n) is 4.12. The molecular formula is C13H19NO2. The number of aliphatic carboxylic acids is 1. The molecule has 3 nitrogen and oxygen atoms in total. The summed E-state index contributed by atoms with van der Waals surface area (Å²) < 4.78 is 0. The number of rotatable bonds is 6. The van der Waals surface area contributed by atoms with E-state index in [1.165, 1.54) is 0 Å². The highest BCUT2D eigenvalue weighted by atomic mass is 16.4. The molecule has 0 unspecified atom stereocenters. The smallest absolute Gasteiger partial charge is 0.314 e. The van der Waals surface area contributed by atoms with Crippen LogP contribution in [0.2, 0.25) is 0 Å². The molecule has 1 aromatic heterocycles. The first-order valence-corrected chi connectivity index (χ1v) is 5.81. The van der Waals surface area contributed by atoms with Gasteiger partial charge >= 0.3 is 5.97 Å². The number of hydrogen-bond donors (Lipinski definition) is 1. The van der Waals surface area contributed by atoms with Crippen molar-refractivity contribution in [2.45, 2.75) is 44.9 Å². The minimum atomic E-state index is -0.730. The maximum absolute atomic E-state index is 11.6. The van der Waals surface area contributed by atoms with Gasteiger partial charge in [0.2, 0.25) is 0 Å². The number of carboxylic acid groups (broad SMARTS) is 1. The minimum Gasteiger partial charge on any atom is -0.481 e. The topological polar surface area (TPSA) is 50.2 Å². The quantitative estimate of drug-likeness (QED) is 0.803. The Morgan fingerprint density at radius 2 is 1.75 bits per heavy atom. The van der Waals surface area contributed by atoms with E-state index in [2.05, 4.69) is 4.98 Å². The Hall–Kier alpha value is -1.38. The Morgan fingerprint density at radius 3 is 2.12 bits per heavy atom. The number of carboxylic acids is 1. The van der Waals surface area contributed by atoms with E-state index in [1.807, 2.05) is 26.0 Å². The van der Waals surface area contributed by atoms with Crippen LogP contribution in [0.25, 0.3) is 0 Å². The van der Waals surface area contributed by atoms with Gasteiger partial charge in [0.05, 0.1) is 5.41 Å². The molecule has 0 aliphatic rings. The molecule has 0 radical (unpaired) electrons. The number of aromatic nitrogens is 1. The second kappa shape index (κ2) is 5.64. The maximum atomic E-state index is 11.6. The summed E-state index contributed by atoms with van der Waals surface area (Å²) in [7, 11) is 0. The van der Waals surface area contributed by atoms with Gasteiger partial charge in [-0.15, -0.1) is 0 Å². The Labute approximate surface area is 96.5 Å². The van der Waals surface area contributed by atoms with Crippen molar-refractivity contribution in [3.05, 3.63) is 30.1 Å². The summed E-state index contributed by atoms with van der Waals surface area (Å²) >= 11 is 0. The lowest BCUT2D eigenvalue weighted by molar-refractivity contribution is -0.144. The third-order valence-corrected chi connectivity index (χ3v) is 3.00. The molecule has 0 amide bonds. The summed E-state index contributed by atoms with van der Waals surface area (Å²) in [5.41, 5.74) is 0.144. The van der Waals surface area contributed by atoms with Crippen molar-refractivity contribution in [1.29, 1.82) is 0 Å². The first-order chi connectivity index (χ1) is 7.67. The monoisotopic (exact) mass is 221 g/mol. The molecule has 1 heterocycles. The van der Waals surface area contributed by atoms with E-state index in [0.717, 1.165) is 18.4 Å². The van der Waals surface area contributed by atoms with E-state index in [0.29, 0.717) is 12.8 Å². The Morgan fingerprint density at radius 1 is 1.25 bits per heavy atom. The highest BCUT2D eigenvalue weighted by Gasteiger charge is 2.38.